The van der Waals surface area contributed by atoms with Gasteiger partial charge >= 0.3 is 5.97 Å². The zero-order chi connectivity index (χ0) is 14.5. The zero-order valence-corrected chi connectivity index (χ0v) is 11.5. The Morgan fingerprint density at radius 3 is 2.95 bits per heavy atom. The number of imidazole rings is 1. The molecule has 0 aromatic carbocycles. The number of aliphatic carboxylic acids is 1. The van der Waals surface area contributed by atoms with Gasteiger partial charge in [0.25, 0.3) is 5.91 Å². The van der Waals surface area contributed by atoms with Crippen LogP contribution in [0.4, 0.5) is 0 Å². The first-order chi connectivity index (χ1) is 9.58. The summed E-state index contributed by atoms with van der Waals surface area (Å²) >= 11 is 0. The smallest absolute Gasteiger partial charge is 0.305 e. The molecule has 1 saturated heterocycles. The molecular formula is C13H19N3O4. The summed E-state index contributed by atoms with van der Waals surface area (Å²) in [6.45, 7) is 1.31. The van der Waals surface area contributed by atoms with Crippen molar-refractivity contribution in [1.82, 2.24) is 14.5 Å². The fourth-order valence-corrected chi connectivity index (χ4v) is 2.27. The largest absolute Gasteiger partial charge is 0.481 e. The van der Waals surface area contributed by atoms with Crippen LogP contribution in [0.5, 0.6) is 0 Å². The summed E-state index contributed by atoms with van der Waals surface area (Å²) in [6, 6.07) is 0. The molecule has 1 aliphatic rings. The van der Waals surface area contributed by atoms with Gasteiger partial charge in [-0.05, 0) is 12.8 Å². The first-order valence-electron chi connectivity index (χ1n) is 6.67. The van der Waals surface area contributed by atoms with Gasteiger partial charge in [0.05, 0.1) is 25.0 Å². The molecular weight excluding hydrogens is 262 g/mol. The van der Waals surface area contributed by atoms with Gasteiger partial charge in [-0.15, -0.1) is 0 Å². The summed E-state index contributed by atoms with van der Waals surface area (Å²) < 4.78 is 7.15. The molecule has 1 atom stereocenters. The Morgan fingerprint density at radius 1 is 1.60 bits per heavy atom. The van der Waals surface area contributed by atoms with Gasteiger partial charge in [-0.2, -0.15) is 0 Å². The van der Waals surface area contributed by atoms with Crippen molar-refractivity contribution < 1.29 is 19.4 Å². The molecule has 1 unspecified atom stereocenters. The van der Waals surface area contributed by atoms with E-state index in [0.29, 0.717) is 18.8 Å². The molecule has 1 amide bonds. The minimum absolute atomic E-state index is 0.000900. The number of ether oxygens (including phenoxy) is 1. The van der Waals surface area contributed by atoms with E-state index in [-0.39, 0.29) is 25.0 Å². The lowest BCUT2D eigenvalue weighted by molar-refractivity contribution is -0.137. The van der Waals surface area contributed by atoms with Gasteiger partial charge in [0.15, 0.2) is 0 Å². The number of hydrogen-bond acceptors (Lipinski definition) is 4. The molecule has 0 radical (unpaired) electrons. The number of carboxylic acid groups (broad SMARTS) is 1. The Bertz CT molecular complexity index is 480. The maximum absolute atomic E-state index is 12.4. The molecule has 7 nitrogen and oxygen atoms in total. The van der Waals surface area contributed by atoms with Gasteiger partial charge in [0.2, 0.25) is 0 Å². The van der Waals surface area contributed by atoms with Crippen molar-refractivity contribution in [3.8, 4) is 0 Å². The number of carboxylic acids is 1. The molecule has 0 spiro atoms. The second-order valence-electron chi connectivity index (χ2n) is 4.92. The summed E-state index contributed by atoms with van der Waals surface area (Å²) in [5, 5.41) is 8.80. The molecule has 0 bridgehead atoms. The lowest BCUT2D eigenvalue weighted by Crippen LogP contribution is -2.39. The van der Waals surface area contributed by atoms with Crippen molar-refractivity contribution in [1.29, 1.82) is 0 Å². The molecule has 7 heteroatoms. The van der Waals surface area contributed by atoms with E-state index >= 15 is 0 Å². The highest BCUT2D eigenvalue weighted by atomic mass is 16.5. The molecule has 0 saturated carbocycles. The fourth-order valence-electron chi connectivity index (χ4n) is 2.27. The number of aromatic nitrogens is 2. The standard InChI is InChI=1S/C13H19N3O4/c1-15-9-14-7-11(15)13(19)16(5-4-12(17)18)8-10-3-2-6-20-10/h7,9-10H,2-6,8H2,1H3,(H,17,18). The molecule has 1 aromatic heterocycles. The van der Waals surface area contributed by atoms with E-state index < -0.39 is 5.97 Å². The molecule has 1 fully saturated rings. The quantitative estimate of drug-likeness (QED) is 0.821. The first kappa shape index (κ1) is 14.5. The second kappa shape index (κ2) is 6.51. The van der Waals surface area contributed by atoms with Crippen LogP contribution in [0.3, 0.4) is 0 Å². The van der Waals surface area contributed by atoms with Crippen molar-refractivity contribution in [2.45, 2.75) is 25.4 Å². The number of amides is 1. The Hall–Kier alpha value is -1.89. The lowest BCUT2D eigenvalue weighted by Gasteiger charge is -2.24. The Kier molecular flexibility index (Phi) is 4.73. The predicted molar refractivity (Wildman–Crippen MR) is 70.3 cm³/mol. The van der Waals surface area contributed by atoms with E-state index in [1.165, 1.54) is 6.20 Å². The van der Waals surface area contributed by atoms with Crippen LogP contribution >= 0.6 is 0 Å². The number of aryl methyl sites for hydroxylation is 1. The predicted octanol–water partition coefficient (Wildman–Crippen LogP) is 0.516. The molecule has 1 N–H and O–H groups in total. The zero-order valence-electron chi connectivity index (χ0n) is 11.5. The maximum Gasteiger partial charge on any atom is 0.305 e. The highest BCUT2D eigenvalue weighted by Crippen LogP contribution is 2.15. The number of rotatable bonds is 6. The summed E-state index contributed by atoms with van der Waals surface area (Å²) in [4.78, 5) is 28.6. The first-order valence-corrected chi connectivity index (χ1v) is 6.67. The van der Waals surface area contributed by atoms with Crippen molar-refractivity contribution in [3.05, 3.63) is 18.2 Å². The summed E-state index contributed by atoms with van der Waals surface area (Å²) in [5.74, 6) is -1.12. The van der Waals surface area contributed by atoms with Crippen LogP contribution < -0.4 is 0 Å². The number of carbonyl (C=O) groups excluding carboxylic acids is 1. The van der Waals surface area contributed by atoms with E-state index in [1.807, 2.05) is 0 Å². The Balaban J connectivity index is 2.05. The third-order valence-corrected chi connectivity index (χ3v) is 3.37. The van der Waals surface area contributed by atoms with E-state index in [2.05, 4.69) is 4.98 Å². The minimum Gasteiger partial charge on any atom is -0.481 e. The van der Waals surface area contributed by atoms with E-state index in [9.17, 15) is 9.59 Å². The molecule has 2 rings (SSSR count). The Morgan fingerprint density at radius 2 is 2.40 bits per heavy atom. The second-order valence-corrected chi connectivity index (χ2v) is 4.92. The molecule has 20 heavy (non-hydrogen) atoms. The normalized spacial score (nSPS) is 18.1. The molecule has 2 heterocycles. The Labute approximate surface area is 117 Å². The van der Waals surface area contributed by atoms with Gasteiger partial charge in [0, 0.05) is 26.7 Å². The number of nitrogens with zero attached hydrogens (tertiary/aromatic N) is 3. The highest BCUT2D eigenvalue weighted by Gasteiger charge is 2.25. The molecule has 0 aliphatic carbocycles. The summed E-state index contributed by atoms with van der Waals surface area (Å²) in [7, 11) is 1.74. The van der Waals surface area contributed by atoms with Crippen LogP contribution in [0.1, 0.15) is 29.8 Å². The van der Waals surface area contributed by atoms with Crippen LogP contribution in [0.25, 0.3) is 0 Å². The minimum atomic E-state index is -0.917. The van der Waals surface area contributed by atoms with Gasteiger partial charge in [0.1, 0.15) is 5.69 Å². The van der Waals surface area contributed by atoms with Crippen molar-refractivity contribution in [2.24, 2.45) is 7.05 Å². The van der Waals surface area contributed by atoms with Gasteiger partial charge in [-0.3, -0.25) is 9.59 Å². The number of hydrogen-bond donors (Lipinski definition) is 1. The van der Waals surface area contributed by atoms with Crippen molar-refractivity contribution in [2.75, 3.05) is 19.7 Å². The highest BCUT2D eigenvalue weighted by molar-refractivity contribution is 5.92. The maximum atomic E-state index is 12.4. The van der Waals surface area contributed by atoms with Crippen molar-refractivity contribution in [3.63, 3.8) is 0 Å². The average Bonchev–Trinajstić information content (AvgIpc) is 3.04. The van der Waals surface area contributed by atoms with Crippen LogP contribution in [0.2, 0.25) is 0 Å². The third kappa shape index (κ3) is 3.57. The van der Waals surface area contributed by atoms with Crippen LogP contribution in [0, 0.1) is 0 Å². The average molecular weight is 281 g/mol. The van der Waals surface area contributed by atoms with E-state index in [0.717, 1.165) is 12.8 Å². The molecule has 110 valence electrons. The number of carbonyl (C=O) groups is 2. The summed E-state index contributed by atoms with van der Waals surface area (Å²) in [6.07, 6.45) is 4.86. The van der Waals surface area contributed by atoms with Gasteiger partial charge in [-0.1, -0.05) is 0 Å². The molecule has 1 aromatic rings. The monoisotopic (exact) mass is 281 g/mol. The third-order valence-electron chi connectivity index (χ3n) is 3.37. The van der Waals surface area contributed by atoms with E-state index in [1.54, 1.807) is 22.8 Å². The van der Waals surface area contributed by atoms with Gasteiger partial charge in [-0.25, -0.2) is 4.98 Å². The molecule has 1 aliphatic heterocycles. The van der Waals surface area contributed by atoms with Crippen LogP contribution in [-0.4, -0.2) is 57.2 Å². The summed E-state index contributed by atoms with van der Waals surface area (Å²) in [5.41, 5.74) is 0.452. The SMILES string of the molecule is Cn1cncc1C(=O)N(CCC(=O)O)CC1CCCO1. The topological polar surface area (TPSA) is 84.7 Å². The lowest BCUT2D eigenvalue weighted by atomic mass is 10.2. The fraction of sp³-hybridized carbons (Fsp3) is 0.615. The van der Waals surface area contributed by atoms with E-state index in [4.69, 9.17) is 9.84 Å². The van der Waals surface area contributed by atoms with Crippen molar-refractivity contribution >= 4 is 11.9 Å². The van der Waals surface area contributed by atoms with Crippen LogP contribution in [0.15, 0.2) is 12.5 Å². The van der Waals surface area contributed by atoms with Gasteiger partial charge < -0.3 is 19.3 Å². The van der Waals surface area contributed by atoms with Crippen LogP contribution in [-0.2, 0) is 16.6 Å².